The lowest BCUT2D eigenvalue weighted by molar-refractivity contribution is -0.143. The van der Waals surface area contributed by atoms with E-state index in [1.165, 1.54) is 5.69 Å². The van der Waals surface area contributed by atoms with Crippen molar-refractivity contribution < 1.29 is 9.53 Å². The molecule has 1 fully saturated rings. The standard InChI is InChI=1S/C16H24N2O2/c1-2-20-16(19)9-8-13-10-14(17)12-18(11-13)15-6-4-3-5-7-15/h3-7,13-14H,2,8-12,17H2,1H3. The number of rotatable bonds is 5. The predicted molar refractivity (Wildman–Crippen MR) is 80.6 cm³/mol. The molecule has 1 aromatic rings. The monoisotopic (exact) mass is 276 g/mol. The van der Waals surface area contributed by atoms with Gasteiger partial charge in [-0.15, -0.1) is 0 Å². The van der Waals surface area contributed by atoms with Crippen molar-refractivity contribution in [2.45, 2.75) is 32.2 Å². The summed E-state index contributed by atoms with van der Waals surface area (Å²) in [4.78, 5) is 13.8. The molecule has 0 amide bonds. The lowest BCUT2D eigenvalue weighted by Crippen LogP contribution is -2.47. The topological polar surface area (TPSA) is 55.6 Å². The molecule has 2 atom stereocenters. The fourth-order valence-electron chi connectivity index (χ4n) is 2.86. The molecule has 110 valence electrons. The van der Waals surface area contributed by atoms with Crippen molar-refractivity contribution >= 4 is 11.7 Å². The van der Waals surface area contributed by atoms with Crippen LogP contribution in [0.4, 0.5) is 5.69 Å². The van der Waals surface area contributed by atoms with Crippen LogP contribution in [0.3, 0.4) is 0 Å². The fourth-order valence-corrected chi connectivity index (χ4v) is 2.86. The van der Waals surface area contributed by atoms with Crippen LogP contribution >= 0.6 is 0 Å². The van der Waals surface area contributed by atoms with Crippen molar-refractivity contribution in [3.05, 3.63) is 30.3 Å². The van der Waals surface area contributed by atoms with E-state index in [-0.39, 0.29) is 12.0 Å². The molecule has 2 rings (SSSR count). The number of hydrogen-bond acceptors (Lipinski definition) is 4. The van der Waals surface area contributed by atoms with Crippen molar-refractivity contribution in [1.82, 2.24) is 0 Å². The second-order valence-corrected chi connectivity index (χ2v) is 5.45. The summed E-state index contributed by atoms with van der Waals surface area (Å²) in [5, 5.41) is 0. The van der Waals surface area contributed by atoms with Gasteiger partial charge in [0.25, 0.3) is 0 Å². The van der Waals surface area contributed by atoms with E-state index in [4.69, 9.17) is 10.5 Å². The SMILES string of the molecule is CCOC(=O)CCC1CC(N)CN(c2ccccc2)C1. The van der Waals surface area contributed by atoms with Crippen LogP contribution in [0.1, 0.15) is 26.2 Å². The van der Waals surface area contributed by atoms with Crippen molar-refractivity contribution in [1.29, 1.82) is 0 Å². The van der Waals surface area contributed by atoms with E-state index in [0.29, 0.717) is 18.9 Å². The van der Waals surface area contributed by atoms with Crippen LogP contribution in [0, 0.1) is 5.92 Å². The number of ether oxygens (including phenoxy) is 1. The van der Waals surface area contributed by atoms with Gasteiger partial charge in [-0.3, -0.25) is 4.79 Å². The molecule has 2 N–H and O–H groups in total. The van der Waals surface area contributed by atoms with Gasteiger partial charge >= 0.3 is 5.97 Å². The van der Waals surface area contributed by atoms with Gasteiger partial charge in [0, 0.05) is 31.2 Å². The summed E-state index contributed by atoms with van der Waals surface area (Å²) in [6.45, 7) is 4.15. The molecule has 0 aromatic heterocycles. The van der Waals surface area contributed by atoms with Gasteiger partial charge < -0.3 is 15.4 Å². The second kappa shape index (κ2) is 7.29. The molecule has 2 unspecified atom stereocenters. The van der Waals surface area contributed by atoms with E-state index in [1.807, 2.05) is 25.1 Å². The number of nitrogens with zero attached hydrogens (tertiary/aromatic N) is 1. The highest BCUT2D eigenvalue weighted by atomic mass is 16.5. The molecular formula is C16H24N2O2. The Morgan fingerprint density at radius 3 is 2.80 bits per heavy atom. The highest BCUT2D eigenvalue weighted by Gasteiger charge is 2.25. The lowest BCUT2D eigenvalue weighted by Gasteiger charge is -2.37. The van der Waals surface area contributed by atoms with E-state index in [0.717, 1.165) is 25.9 Å². The van der Waals surface area contributed by atoms with Crippen LogP contribution in [0.15, 0.2) is 30.3 Å². The van der Waals surface area contributed by atoms with Crippen LogP contribution in [0.25, 0.3) is 0 Å². The Morgan fingerprint density at radius 1 is 1.35 bits per heavy atom. The average Bonchev–Trinajstić information content (AvgIpc) is 2.46. The first-order chi connectivity index (χ1) is 9.69. The van der Waals surface area contributed by atoms with Gasteiger partial charge in [0.2, 0.25) is 0 Å². The number of para-hydroxylation sites is 1. The zero-order valence-corrected chi connectivity index (χ0v) is 12.1. The normalized spacial score (nSPS) is 22.6. The number of nitrogens with two attached hydrogens (primary N) is 1. The zero-order chi connectivity index (χ0) is 14.4. The van der Waals surface area contributed by atoms with Crippen LogP contribution < -0.4 is 10.6 Å². The Hall–Kier alpha value is -1.55. The quantitative estimate of drug-likeness (QED) is 0.838. The van der Waals surface area contributed by atoms with Crippen molar-refractivity contribution in [3.8, 4) is 0 Å². The molecule has 20 heavy (non-hydrogen) atoms. The number of hydrogen-bond donors (Lipinski definition) is 1. The predicted octanol–water partition coefficient (Wildman–Crippen LogP) is 2.18. The van der Waals surface area contributed by atoms with Gasteiger partial charge in [0.05, 0.1) is 6.61 Å². The molecule has 0 radical (unpaired) electrons. The van der Waals surface area contributed by atoms with E-state index < -0.39 is 0 Å². The first-order valence-corrected chi connectivity index (χ1v) is 7.40. The zero-order valence-electron chi connectivity index (χ0n) is 12.1. The van der Waals surface area contributed by atoms with Gasteiger partial charge in [-0.05, 0) is 37.8 Å². The van der Waals surface area contributed by atoms with Crippen LogP contribution in [-0.4, -0.2) is 31.7 Å². The van der Waals surface area contributed by atoms with Gasteiger partial charge in [-0.1, -0.05) is 18.2 Å². The van der Waals surface area contributed by atoms with Crippen molar-refractivity contribution in [2.24, 2.45) is 11.7 Å². The Bertz CT molecular complexity index is 422. The molecule has 4 nitrogen and oxygen atoms in total. The number of carbonyl (C=O) groups is 1. The summed E-state index contributed by atoms with van der Waals surface area (Å²) < 4.78 is 4.99. The van der Waals surface area contributed by atoms with Crippen molar-refractivity contribution in [3.63, 3.8) is 0 Å². The van der Waals surface area contributed by atoms with E-state index in [1.54, 1.807) is 0 Å². The minimum Gasteiger partial charge on any atom is -0.466 e. The Balaban J connectivity index is 1.90. The number of anilines is 1. The maximum absolute atomic E-state index is 11.5. The molecule has 1 saturated heterocycles. The Kier molecular flexibility index (Phi) is 5.41. The molecule has 1 aliphatic rings. The van der Waals surface area contributed by atoms with E-state index in [2.05, 4.69) is 17.0 Å². The fraction of sp³-hybridized carbons (Fsp3) is 0.562. The molecule has 1 aromatic carbocycles. The van der Waals surface area contributed by atoms with E-state index >= 15 is 0 Å². The summed E-state index contributed by atoms with van der Waals surface area (Å²) in [6, 6.07) is 10.5. The minimum atomic E-state index is -0.0992. The van der Waals surface area contributed by atoms with Gasteiger partial charge in [-0.2, -0.15) is 0 Å². The molecule has 0 saturated carbocycles. The van der Waals surface area contributed by atoms with Gasteiger partial charge in [0.15, 0.2) is 0 Å². The largest absolute Gasteiger partial charge is 0.466 e. The van der Waals surface area contributed by atoms with Gasteiger partial charge in [-0.25, -0.2) is 0 Å². The molecular weight excluding hydrogens is 252 g/mol. The summed E-state index contributed by atoms with van der Waals surface area (Å²) in [5.41, 5.74) is 7.37. The molecule has 1 aliphatic heterocycles. The minimum absolute atomic E-state index is 0.0992. The summed E-state index contributed by atoms with van der Waals surface area (Å²) in [7, 11) is 0. The first kappa shape index (κ1) is 14.9. The third kappa shape index (κ3) is 4.23. The maximum Gasteiger partial charge on any atom is 0.305 e. The smallest absolute Gasteiger partial charge is 0.305 e. The van der Waals surface area contributed by atoms with Crippen LogP contribution in [0.5, 0.6) is 0 Å². The maximum atomic E-state index is 11.5. The number of esters is 1. The lowest BCUT2D eigenvalue weighted by atomic mass is 9.90. The highest BCUT2D eigenvalue weighted by Crippen LogP contribution is 2.25. The average molecular weight is 276 g/mol. The first-order valence-electron chi connectivity index (χ1n) is 7.40. The molecule has 0 bridgehead atoms. The number of benzene rings is 1. The van der Waals surface area contributed by atoms with Crippen molar-refractivity contribution in [2.75, 3.05) is 24.6 Å². The summed E-state index contributed by atoms with van der Waals surface area (Å²) >= 11 is 0. The second-order valence-electron chi connectivity index (χ2n) is 5.45. The third-order valence-corrected chi connectivity index (χ3v) is 3.75. The number of piperidine rings is 1. The summed E-state index contributed by atoms with van der Waals surface area (Å²) in [6.07, 6.45) is 2.34. The molecule has 0 spiro atoms. The highest BCUT2D eigenvalue weighted by molar-refractivity contribution is 5.69. The van der Waals surface area contributed by atoms with E-state index in [9.17, 15) is 4.79 Å². The molecule has 0 aliphatic carbocycles. The Morgan fingerprint density at radius 2 is 2.10 bits per heavy atom. The van der Waals surface area contributed by atoms with Gasteiger partial charge in [0.1, 0.15) is 0 Å². The Labute approximate surface area is 120 Å². The van der Waals surface area contributed by atoms with Crippen LogP contribution in [-0.2, 0) is 9.53 Å². The number of carbonyl (C=O) groups excluding carboxylic acids is 1. The molecule has 1 heterocycles. The molecule has 4 heteroatoms. The third-order valence-electron chi connectivity index (χ3n) is 3.75. The summed E-state index contributed by atoms with van der Waals surface area (Å²) in [5.74, 6) is 0.362. The van der Waals surface area contributed by atoms with Crippen LogP contribution in [0.2, 0.25) is 0 Å².